The Morgan fingerprint density at radius 2 is 2.10 bits per heavy atom. The minimum atomic E-state index is 0.547. The van der Waals surface area contributed by atoms with Crippen molar-refractivity contribution in [3.05, 3.63) is 49.4 Å². The molecule has 0 amide bonds. The first-order valence-corrected chi connectivity index (χ1v) is 8.82. The fourth-order valence-corrected chi connectivity index (χ4v) is 4.67. The van der Waals surface area contributed by atoms with E-state index in [-0.39, 0.29) is 0 Å². The second-order valence-corrected chi connectivity index (χ2v) is 7.42. The highest BCUT2D eigenvalue weighted by Gasteiger charge is 2.24. The van der Waals surface area contributed by atoms with E-state index in [4.69, 9.17) is 28.2 Å². The van der Waals surface area contributed by atoms with Crippen LogP contribution >= 0.6 is 34.5 Å². The molecule has 1 heterocycles. The molecule has 0 fully saturated rings. The Kier molecular flexibility index (Phi) is 4.85. The zero-order valence-corrected chi connectivity index (χ0v) is 14.3. The predicted octanol–water partition coefficient (Wildman–Crippen LogP) is 4.68. The molecule has 0 spiro atoms. The van der Waals surface area contributed by atoms with Crippen molar-refractivity contribution in [2.75, 3.05) is 13.6 Å². The lowest BCUT2D eigenvalue weighted by Crippen LogP contribution is -2.21. The maximum atomic E-state index is 6.27. The Morgan fingerprint density at radius 3 is 2.81 bits per heavy atom. The lowest BCUT2D eigenvalue weighted by Gasteiger charge is -2.20. The summed E-state index contributed by atoms with van der Waals surface area (Å²) in [5.41, 5.74) is 2.27. The monoisotopic (exact) mass is 340 g/mol. The zero-order valence-electron chi connectivity index (χ0n) is 12.0. The number of aryl methyl sites for hydroxylation is 1. The molecule has 1 aliphatic rings. The van der Waals surface area contributed by atoms with Gasteiger partial charge in [-0.15, -0.1) is 11.3 Å². The minimum absolute atomic E-state index is 0.547. The van der Waals surface area contributed by atoms with Crippen molar-refractivity contribution >= 4 is 34.5 Å². The number of halogens is 2. The van der Waals surface area contributed by atoms with Crippen molar-refractivity contribution < 1.29 is 0 Å². The molecule has 0 radical (unpaired) electrons. The molecule has 1 aromatic heterocycles. The highest BCUT2D eigenvalue weighted by Crippen LogP contribution is 2.36. The van der Waals surface area contributed by atoms with E-state index in [1.807, 2.05) is 36.6 Å². The second kappa shape index (κ2) is 6.66. The van der Waals surface area contributed by atoms with Crippen LogP contribution in [-0.2, 0) is 12.8 Å². The lowest BCUT2D eigenvalue weighted by molar-refractivity contribution is 0.522. The van der Waals surface area contributed by atoms with E-state index in [1.165, 1.54) is 23.4 Å². The number of hydrogen-bond donors (Lipinski definition) is 1. The van der Waals surface area contributed by atoms with Crippen LogP contribution in [0, 0.1) is 0 Å². The zero-order chi connectivity index (χ0) is 14.8. The van der Waals surface area contributed by atoms with Crippen LogP contribution in [0.5, 0.6) is 0 Å². The molecule has 112 valence electrons. The molecular weight excluding hydrogens is 323 g/mol. The topological polar surface area (TPSA) is 24.9 Å². The van der Waals surface area contributed by atoms with Gasteiger partial charge in [-0.2, -0.15) is 0 Å². The predicted molar refractivity (Wildman–Crippen MR) is 91.0 cm³/mol. The number of fused-ring (bicyclic) bond motifs is 1. The van der Waals surface area contributed by atoms with Gasteiger partial charge in [0.25, 0.3) is 0 Å². The molecule has 1 aromatic carbocycles. The van der Waals surface area contributed by atoms with Gasteiger partial charge < -0.3 is 5.32 Å². The Morgan fingerprint density at radius 1 is 1.33 bits per heavy atom. The molecule has 1 unspecified atom stereocenters. The molecule has 0 bridgehead atoms. The molecule has 21 heavy (non-hydrogen) atoms. The summed E-state index contributed by atoms with van der Waals surface area (Å²) in [5.74, 6) is 0.547. The van der Waals surface area contributed by atoms with E-state index < -0.39 is 0 Å². The lowest BCUT2D eigenvalue weighted by atomic mass is 9.91. The number of rotatable bonds is 4. The molecule has 2 aromatic rings. The van der Waals surface area contributed by atoms with E-state index in [0.717, 1.165) is 40.0 Å². The first kappa shape index (κ1) is 15.3. The van der Waals surface area contributed by atoms with Crippen LogP contribution in [0.1, 0.15) is 39.9 Å². The third-order valence-electron chi connectivity index (χ3n) is 3.96. The van der Waals surface area contributed by atoms with Gasteiger partial charge in [0.15, 0.2) is 0 Å². The van der Waals surface area contributed by atoms with Crippen LogP contribution < -0.4 is 5.32 Å². The smallest absolute Gasteiger partial charge is 0.0976 e. The summed E-state index contributed by atoms with van der Waals surface area (Å²) in [6.45, 7) is 1.00. The molecule has 1 atom stereocenters. The molecule has 5 heteroatoms. The van der Waals surface area contributed by atoms with E-state index in [1.54, 1.807) is 0 Å². The fourth-order valence-electron chi connectivity index (χ4n) is 2.93. The van der Waals surface area contributed by atoms with Crippen LogP contribution in [0.4, 0.5) is 0 Å². The largest absolute Gasteiger partial charge is 0.319 e. The second-order valence-electron chi connectivity index (χ2n) is 5.44. The van der Waals surface area contributed by atoms with Crippen molar-refractivity contribution in [2.45, 2.75) is 31.6 Å². The van der Waals surface area contributed by atoms with E-state index in [0.29, 0.717) is 5.92 Å². The molecule has 0 saturated heterocycles. The summed E-state index contributed by atoms with van der Waals surface area (Å²) >= 11 is 14.4. The summed E-state index contributed by atoms with van der Waals surface area (Å²) in [4.78, 5) is 6.33. The average Bonchev–Trinajstić information content (AvgIpc) is 2.87. The van der Waals surface area contributed by atoms with Crippen molar-refractivity contribution in [3.8, 4) is 0 Å². The Hall–Kier alpha value is -0.610. The van der Waals surface area contributed by atoms with Crippen LogP contribution in [0.3, 0.4) is 0 Å². The summed E-state index contributed by atoms with van der Waals surface area (Å²) in [6, 6.07) is 5.66. The number of hydrogen-bond acceptors (Lipinski definition) is 3. The Bertz CT molecular complexity index is 619. The number of likely N-dealkylation sites (N-methyl/N-ethyl adjacent to an activating group) is 1. The summed E-state index contributed by atoms with van der Waals surface area (Å²) in [5, 5.41) is 5.85. The van der Waals surface area contributed by atoms with Gasteiger partial charge in [0, 0.05) is 33.8 Å². The fraction of sp³-hybridized carbons (Fsp3) is 0.438. The van der Waals surface area contributed by atoms with Gasteiger partial charge in [-0.3, -0.25) is 0 Å². The van der Waals surface area contributed by atoms with Gasteiger partial charge in [0.2, 0.25) is 0 Å². The summed E-state index contributed by atoms with van der Waals surface area (Å²) in [7, 11) is 2.01. The van der Waals surface area contributed by atoms with Crippen molar-refractivity contribution in [2.24, 2.45) is 0 Å². The van der Waals surface area contributed by atoms with E-state index in [2.05, 4.69) is 5.32 Å². The molecule has 0 aliphatic heterocycles. The van der Waals surface area contributed by atoms with Gasteiger partial charge in [-0.1, -0.05) is 29.3 Å². The normalized spacial score (nSPS) is 17.8. The van der Waals surface area contributed by atoms with Gasteiger partial charge >= 0.3 is 0 Å². The Balaban J connectivity index is 1.88. The van der Waals surface area contributed by atoms with Gasteiger partial charge in [0.05, 0.1) is 10.7 Å². The maximum absolute atomic E-state index is 6.27. The Labute approximate surface area is 139 Å². The highest BCUT2D eigenvalue weighted by atomic mass is 35.5. The summed E-state index contributed by atoms with van der Waals surface area (Å²) in [6.07, 6.45) is 4.36. The molecule has 0 saturated carbocycles. The SMILES string of the molecule is CNCC1CCCc2sc(Cc3c(Cl)cccc3Cl)nc21. The first-order chi connectivity index (χ1) is 10.2. The number of nitrogens with zero attached hydrogens (tertiary/aromatic N) is 1. The quantitative estimate of drug-likeness (QED) is 0.873. The van der Waals surface area contributed by atoms with Crippen LogP contribution in [-0.4, -0.2) is 18.6 Å². The molecule has 3 rings (SSSR count). The van der Waals surface area contributed by atoms with Crippen molar-refractivity contribution in [1.29, 1.82) is 0 Å². The van der Waals surface area contributed by atoms with Gasteiger partial charge in [0.1, 0.15) is 0 Å². The minimum Gasteiger partial charge on any atom is -0.319 e. The number of thiazole rings is 1. The van der Waals surface area contributed by atoms with Crippen LogP contribution in [0.2, 0.25) is 10.0 Å². The molecular formula is C16H18Cl2N2S. The number of benzene rings is 1. The third kappa shape index (κ3) is 3.26. The van der Waals surface area contributed by atoms with E-state index in [9.17, 15) is 0 Å². The van der Waals surface area contributed by atoms with Crippen molar-refractivity contribution in [3.63, 3.8) is 0 Å². The van der Waals surface area contributed by atoms with Crippen LogP contribution in [0.15, 0.2) is 18.2 Å². The molecule has 1 N–H and O–H groups in total. The molecule has 1 aliphatic carbocycles. The first-order valence-electron chi connectivity index (χ1n) is 7.25. The van der Waals surface area contributed by atoms with Crippen LogP contribution in [0.25, 0.3) is 0 Å². The number of nitrogens with one attached hydrogen (secondary N) is 1. The maximum Gasteiger partial charge on any atom is 0.0976 e. The third-order valence-corrected chi connectivity index (χ3v) is 5.79. The van der Waals surface area contributed by atoms with Gasteiger partial charge in [-0.05, 0) is 44.0 Å². The van der Waals surface area contributed by atoms with Crippen molar-refractivity contribution in [1.82, 2.24) is 10.3 Å². The standard InChI is InChI=1S/C16H18Cl2N2S/c1-19-9-10-4-2-7-14-16(10)20-15(21-14)8-11-12(17)5-3-6-13(11)18/h3,5-6,10,19H,2,4,7-9H2,1H3. The molecule has 2 nitrogen and oxygen atoms in total. The summed E-state index contributed by atoms with van der Waals surface area (Å²) < 4.78 is 0. The van der Waals surface area contributed by atoms with E-state index >= 15 is 0 Å². The highest BCUT2D eigenvalue weighted by molar-refractivity contribution is 7.11. The number of aromatic nitrogens is 1. The average molecular weight is 341 g/mol. The van der Waals surface area contributed by atoms with Gasteiger partial charge in [-0.25, -0.2) is 4.98 Å².